The summed E-state index contributed by atoms with van der Waals surface area (Å²) in [5.74, 6) is -0.273. The van der Waals surface area contributed by atoms with Gasteiger partial charge in [0.15, 0.2) is 0 Å². The topological polar surface area (TPSA) is 104 Å². The van der Waals surface area contributed by atoms with E-state index in [0.29, 0.717) is 43.1 Å². The number of fused-ring (bicyclic) bond motifs is 1. The first-order valence-corrected chi connectivity index (χ1v) is 12.7. The number of nitrogens with zero attached hydrogens (tertiary/aromatic N) is 1. The molecule has 4 heterocycles. The lowest BCUT2D eigenvalue weighted by Gasteiger charge is -2.23. The average molecular weight is 495 g/mol. The summed E-state index contributed by atoms with van der Waals surface area (Å²) in [5.41, 5.74) is 1.86. The van der Waals surface area contributed by atoms with Gasteiger partial charge in [-0.25, -0.2) is 0 Å². The van der Waals surface area contributed by atoms with Crippen LogP contribution >= 0.6 is 11.3 Å². The van der Waals surface area contributed by atoms with E-state index < -0.39 is 11.0 Å². The van der Waals surface area contributed by atoms with Crippen LogP contribution in [0.4, 0.5) is 5.69 Å². The van der Waals surface area contributed by atoms with Gasteiger partial charge in [0.05, 0.1) is 35.0 Å². The smallest absolute Gasteiger partial charge is 0.270 e. The average Bonchev–Trinajstić information content (AvgIpc) is 3.58. The number of benzene rings is 1. The Morgan fingerprint density at radius 3 is 2.66 bits per heavy atom. The highest BCUT2D eigenvalue weighted by Gasteiger charge is 2.47. The lowest BCUT2D eigenvalue weighted by molar-refractivity contribution is -0.123. The molecule has 0 unspecified atom stereocenters. The van der Waals surface area contributed by atoms with Crippen molar-refractivity contribution in [3.05, 3.63) is 53.0 Å². The minimum atomic E-state index is -0.493. The van der Waals surface area contributed by atoms with Crippen LogP contribution in [0.2, 0.25) is 0 Å². The van der Waals surface area contributed by atoms with E-state index in [0.717, 1.165) is 16.6 Å². The van der Waals surface area contributed by atoms with Crippen molar-refractivity contribution in [2.75, 3.05) is 25.0 Å². The van der Waals surface area contributed by atoms with Gasteiger partial charge >= 0.3 is 0 Å². The second-order valence-corrected chi connectivity index (χ2v) is 11.5. The zero-order valence-electron chi connectivity index (χ0n) is 20.1. The van der Waals surface area contributed by atoms with E-state index in [-0.39, 0.29) is 23.8 Å². The number of carbonyl (C=O) groups is 3. The highest BCUT2D eigenvalue weighted by Crippen LogP contribution is 2.36. The first-order chi connectivity index (χ1) is 16.6. The van der Waals surface area contributed by atoms with E-state index >= 15 is 0 Å². The van der Waals surface area contributed by atoms with Crippen LogP contribution in [0.15, 0.2) is 41.8 Å². The van der Waals surface area contributed by atoms with Gasteiger partial charge in [-0.05, 0) is 48.2 Å². The number of rotatable bonds is 4. The molecule has 0 radical (unpaired) electrons. The number of hydrogen-bond acceptors (Lipinski definition) is 5. The first kappa shape index (κ1) is 23.6. The Morgan fingerprint density at radius 1 is 1.17 bits per heavy atom. The molecule has 3 aromatic rings. The molecule has 2 saturated heterocycles. The molecular formula is C26H30N4O4S. The van der Waals surface area contributed by atoms with Crippen molar-refractivity contribution in [3.63, 3.8) is 0 Å². The van der Waals surface area contributed by atoms with Gasteiger partial charge in [-0.15, -0.1) is 11.3 Å². The standard InChI is InChI=1S/C26H30N4O4S/c1-25(2,3)24(33)28-17-6-4-16(5-7-17)22(31)27-18-13-26(34-14-18)9-10-30(15-26)23(32)20-12-21-19(29-20)8-11-35-21/h4-8,11-12,18,29H,9-10,13-15H2,1-3H3,(H,27,31)(H,28,33)/t18-,26+/m0/s1. The maximum Gasteiger partial charge on any atom is 0.270 e. The van der Waals surface area contributed by atoms with E-state index in [1.54, 1.807) is 35.6 Å². The quantitative estimate of drug-likeness (QED) is 0.510. The number of thiophene rings is 1. The molecule has 1 spiro atoms. The van der Waals surface area contributed by atoms with Crippen molar-refractivity contribution in [3.8, 4) is 0 Å². The van der Waals surface area contributed by atoms with E-state index in [9.17, 15) is 14.4 Å². The fourth-order valence-corrected chi connectivity index (χ4v) is 5.45. The molecule has 184 valence electrons. The zero-order chi connectivity index (χ0) is 24.8. The molecular weight excluding hydrogens is 464 g/mol. The molecule has 0 aliphatic carbocycles. The molecule has 9 heteroatoms. The van der Waals surface area contributed by atoms with Crippen LogP contribution in [0.25, 0.3) is 10.2 Å². The number of aromatic amines is 1. The number of nitrogens with one attached hydrogen (secondary N) is 3. The fraction of sp³-hybridized carbons (Fsp3) is 0.423. The number of amides is 3. The Hall–Kier alpha value is -3.17. The minimum absolute atomic E-state index is 0.0139. The molecule has 5 rings (SSSR count). The van der Waals surface area contributed by atoms with E-state index in [2.05, 4.69) is 15.6 Å². The van der Waals surface area contributed by atoms with Crippen molar-refractivity contribution < 1.29 is 19.1 Å². The molecule has 2 aliphatic rings. The number of anilines is 1. The van der Waals surface area contributed by atoms with Crippen molar-refractivity contribution in [1.82, 2.24) is 15.2 Å². The molecule has 3 N–H and O–H groups in total. The van der Waals surface area contributed by atoms with E-state index in [1.807, 2.05) is 43.2 Å². The number of carbonyl (C=O) groups excluding carboxylic acids is 3. The van der Waals surface area contributed by atoms with E-state index in [1.165, 1.54) is 0 Å². The Kier molecular flexibility index (Phi) is 5.93. The lowest BCUT2D eigenvalue weighted by Crippen LogP contribution is -2.38. The number of H-pyrrole nitrogens is 1. The number of hydrogen-bond donors (Lipinski definition) is 3. The van der Waals surface area contributed by atoms with Crippen LogP contribution in [-0.4, -0.2) is 58.9 Å². The largest absolute Gasteiger partial charge is 0.371 e. The van der Waals surface area contributed by atoms with Crippen LogP contribution in [0.1, 0.15) is 54.5 Å². The van der Waals surface area contributed by atoms with Crippen LogP contribution in [0, 0.1) is 5.41 Å². The van der Waals surface area contributed by atoms with Crippen LogP contribution in [0.3, 0.4) is 0 Å². The molecule has 2 fully saturated rings. The normalized spacial score (nSPS) is 22.1. The lowest BCUT2D eigenvalue weighted by atomic mass is 9.95. The third-order valence-electron chi connectivity index (χ3n) is 6.70. The zero-order valence-corrected chi connectivity index (χ0v) is 21.0. The molecule has 2 aliphatic heterocycles. The highest BCUT2D eigenvalue weighted by molar-refractivity contribution is 7.17. The number of likely N-dealkylation sites (tertiary alicyclic amines) is 1. The van der Waals surface area contributed by atoms with Crippen LogP contribution in [0.5, 0.6) is 0 Å². The van der Waals surface area contributed by atoms with Gasteiger partial charge in [0.1, 0.15) is 5.69 Å². The Balaban J connectivity index is 1.15. The van der Waals surface area contributed by atoms with Gasteiger partial charge in [0.2, 0.25) is 5.91 Å². The van der Waals surface area contributed by atoms with Gasteiger partial charge < -0.3 is 25.3 Å². The highest BCUT2D eigenvalue weighted by atomic mass is 32.1. The molecule has 2 atom stereocenters. The molecule has 1 aromatic carbocycles. The van der Waals surface area contributed by atoms with E-state index in [4.69, 9.17) is 4.74 Å². The fourth-order valence-electron chi connectivity index (χ4n) is 4.67. The van der Waals surface area contributed by atoms with Crippen LogP contribution < -0.4 is 10.6 Å². The van der Waals surface area contributed by atoms with Crippen molar-refractivity contribution in [2.45, 2.75) is 45.3 Å². The summed E-state index contributed by atoms with van der Waals surface area (Å²) in [6.07, 6.45) is 1.42. The van der Waals surface area contributed by atoms with Gasteiger partial charge in [-0.2, -0.15) is 0 Å². The molecule has 2 aromatic heterocycles. The summed E-state index contributed by atoms with van der Waals surface area (Å²) in [7, 11) is 0. The minimum Gasteiger partial charge on any atom is -0.371 e. The molecule has 0 saturated carbocycles. The van der Waals surface area contributed by atoms with Crippen molar-refractivity contribution in [2.24, 2.45) is 5.41 Å². The summed E-state index contributed by atoms with van der Waals surface area (Å²) in [5, 5.41) is 7.92. The summed E-state index contributed by atoms with van der Waals surface area (Å²) in [4.78, 5) is 43.0. The Labute approximate surface area is 208 Å². The SMILES string of the molecule is CC(C)(C)C(=O)Nc1ccc(C(=O)N[C@@H]2CO[C@]3(CCN(C(=O)c4cc5sccc5[nH]4)C3)C2)cc1. The summed E-state index contributed by atoms with van der Waals surface area (Å²) < 4.78 is 7.22. The van der Waals surface area contributed by atoms with Crippen molar-refractivity contribution >= 4 is 45.0 Å². The van der Waals surface area contributed by atoms with Gasteiger partial charge in [0, 0.05) is 29.6 Å². The third kappa shape index (κ3) is 4.83. The van der Waals surface area contributed by atoms with Gasteiger partial charge in [-0.1, -0.05) is 20.8 Å². The van der Waals surface area contributed by atoms with Crippen LogP contribution in [-0.2, 0) is 9.53 Å². The molecule has 8 nitrogen and oxygen atoms in total. The monoisotopic (exact) mass is 494 g/mol. The Morgan fingerprint density at radius 2 is 1.94 bits per heavy atom. The molecule has 35 heavy (non-hydrogen) atoms. The first-order valence-electron chi connectivity index (χ1n) is 11.8. The second kappa shape index (κ2) is 8.80. The maximum absolute atomic E-state index is 13.0. The summed E-state index contributed by atoms with van der Waals surface area (Å²) >= 11 is 1.61. The maximum atomic E-state index is 13.0. The predicted octanol–water partition coefficient (Wildman–Crippen LogP) is 4.02. The van der Waals surface area contributed by atoms with Gasteiger partial charge in [-0.3, -0.25) is 14.4 Å². The second-order valence-electron chi connectivity index (χ2n) is 10.5. The predicted molar refractivity (Wildman–Crippen MR) is 136 cm³/mol. The molecule has 0 bridgehead atoms. The number of aromatic nitrogens is 1. The van der Waals surface area contributed by atoms with Crippen molar-refractivity contribution in [1.29, 1.82) is 0 Å². The number of ether oxygens (including phenoxy) is 1. The summed E-state index contributed by atoms with van der Waals surface area (Å²) in [6, 6.07) is 10.6. The summed E-state index contributed by atoms with van der Waals surface area (Å²) in [6.45, 7) is 7.13. The Bertz CT molecular complexity index is 1240. The van der Waals surface area contributed by atoms with Gasteiger partial charge in [0.25, 0.3) is 11.8 Å². The molecule has 3 amide bonds. The third-order valence-corrected chi connectivity index (χ3v) is 7.57.